The zero-order chi connectivity index (χ0) is 21.1. The van der Waals surface area contributed by atoms with Gasteiger partial charge in [0.05, 0.1) is 12.7 Å². The summed E-state index contributed by atoms with van der Waals surface area (Å²) in [6.07, 6.45) is 3.76. The minimum absolute atomic E-state index is 0.0144. The highest BCUT2D eigenvalue weighted by molar-refractivity contribution is 6.14. The summed E-state index contributed by atoms with van der Waals surface area (Å²) in [5, 5.41) is 0. The maximum absolute atomic E-state index is 12.6. The van der Waals surface area contributed by atoms with Crippen LogP contribution in [0.1, 0.15) is 35.7 Å². The Morgan fingerprint density at radius 2 is 1.83 bits per heavy atom. The first-order valence-corrected chi connectivity index (χ1v) is 10.2. The van der Waals surface area contributed by atoms with Gasteiger partial charge in [0.2, 0.25) is 5.78 Å². The second-order valence-electron chi connectivity index (χ2n) is 7.72. The molecule has 156 valence electrons. The van der Waals surface area contributed by atoms with Crippen molar-refractivity contribution in [3.05, 3.63) is 59.4 Å². The van der Waals surface area contributed by atoms with Crippen LogP contribution >= 0.6 is 0 Å². The molecule has 2 aliphatic heterocycles. The SMILES string of the molecule is COc1ccc(C=C2Oc3cc(OCC(=O)N4CCC(C)CC4)ccc3C2=O)cc1. The van der Waals surface area contributed by atoms with Gasteiger partial charge in [-0.25, -0.2) is 0 Å². The summed E-state index contributed by atoms with van der Waals surface area (Å²) < 4.78 is 16.6. The number of hydrogen-bond donors (Lipinski definition) is 0. The van der Waals surface area contributed by atoms with Gasteiger partial charge in [-0.3, -0.25) is 9.59 Å². The molecule has 2 aliphatic rings. The Hall–Kier alpha value is -3.28. The Balaban J connectivity index is 1.40. The van der Waals surface area contributed by atoms with E-state index in [9.17, 15) is 9.59 Å². The van der Waals surface area contributed by atoms with E-state index in [-0.39, 0.29) is 24.1 Å². The van der Waals surface area contributed by atoms with Crippen molar-refractivity contribution in [1.82, 2.24) is 4.90 Å². The maximum atomic E-state index is 12.6. The lowest BCUT2D eigenvalue weighted by Crippen LogP contribution is -2.40. The van der Waals surface area contributed by atoms with Gasteiger partial charge < -0.3 is 19.1 Å². The third-order valence-electron chi connectivity index (χ3n) is 5.55. The van der Waals surface area contributed by atoms with E-state index in [0.29, 0.717) is 23.0 Å². The number of rotatable bonds is 5. The van der Waals surface area contributed by atoms with Gasteiger partial charge in [0.25, 0.3) is 5.91 Å². The molecular weight excluding hydrogens is 382 g/mol. The molecule has 1 saturated heterocycles. The number of carbonyl (C=O) groups excluding carboxylic acids is 2. The van der Waals surface area contributed by atoms with Crippen LogP contribution in [0.25, 0.3) is 6.08 Å². The van der Waals surface area contributed by atoms with Crippen LogP contribution in [0.5, 0.6) is 17.2 Å². The van der Waals surface area contributed by atoms with Gasteiger partial charge in [-0.2, -0.15) is 0 Å². The van der Waals surface area contributed by atoms with E-state index in [0.717, 1.165) is 37.2 Å². The number of hydrogen-bond acceptors (Lipinski definition) is 5. The molecule has 30 heavy (non-hydrogen) atoms. The molecule has 6 heteroatoms. The second-order valence-corrected chi connectivity index (χ2v) is 7.72. The van der Waals surface area contributed by atoms with E-state index >= 15 is 0 Å². The van der Waals surface area contributed by atoms with Crippen LogP contribution in [-0.2, 0) is 4.79 Å². The average molecular weight is 407 g/mol. The molecule has 0 saturated carbocycles. The number of allylic oxidation sites excluding steroid dienone is 1. The molecular formula is C24H25NO5. The first kappa shape index (κ1) is 20.0. The third kappa shape index (κ3) is 4.32. The molecule has 0 radical (unpaired) electrons. The number of amides is 1. The van der Waals surface area contributed by atoms with Crippen molar-refractivity contribution >= 4 is 17.8 Å². The molecule has 1 amide bonds. The monoisotopic (exact) mass is 407 g/mol. The van der Waals surface area contributed by atoms with Crippen LogP contribution < -0.4 is 14.2 Å². The minimum atomic E-state index is -0.175. The van der Waals surface area contributed by atoms with E-state index in [1.54, 1.807) is 31.4 Å². The van der Waals surface area contributed by atoms with Crippen LogP contribution in [0.4, 0.5) is 0 Å². The quantitative estimate of drug-likeness (QED) is 0.703. The number of ketones is 1. The maximum Gasteiger partial charge on any atom is 0.260 e. The third-order valence-corrected chi connectivity index (χ3v) is 5.55. The molecule has 0 bridgehead atoms. The van der Waals surface area contributed by atoms with Crippen molar-refractivity contribution in [2.75, 3.05) is 26.8 Å². The topological polar surface area (TPSA) is 65.1 Å². The van der Waals surface area contributed by atoms with Gasteiger partial charge in [-0.15, -0.1) is 0 Å². The number of piperidine rings is 1. The zero-order valence-electron chi connectivity index (χ0n) is 17.2. The van der Waals surface area contributed by atoms with Crippen molar-refractivity contribution in [1.29, 1.82) is 0 Å². The smallest absolute Gasteiger partial charge is 0.260 e. The lowest BCUT2D eigenvalue weighted by atomic mass is 9.99. The molecule has 0 N–H and O–H groups in total. The average Bonchev–Trinajstić information content (AvgIpc) is 3.07. The fourth-order valence-electron chi connectivity index (χ4n) is 3.60. The van der Waals surface area contributed by atoms with Gasteiger partial charge in [0, 0.05) is 19.2 Å². The van der Waals surface area contributed by atoms with Gasteiger partial charge in [0.15, 0.2) is 12.4 Å². The Labute approximate surface area is 176 Å². The molecule has 2 heterocycles. The van der Waals surface area contributed by atoms with Crippen molar-refractivity contribution < 1.29 is 23.8 Å². The molecule has 2 aromatic carbocycles. The van der Waals surface area contributed by atoms with Gasteiger partial charge >= 0.3 is 0 Å². The Morgan fingerprint density at radius 1 is 1.13 bits per heavy atom. The van der Waals surface area contributed by atoms with Gasteiger partial charge in [-0.1, -0.05) is 19.1 Å². The molecule has 6 nitrogen and oxygen atoms in total. The summed E-state index contributed by atoms with van der Waals surface area (Å²) in [6.45, 7) is 3.76. The molecule has 2 aromatic rings. The largest absolute Gasteiger partial charge is 0.497 e. The number of methoxy groups -OCH3 is 1. The molecule has 0 aromatic heterocycles. The summed E-state index contributed by atoms with van der Waals surface area (Å²) in [7, 11) is 1.61. The van der Waals surface area contributed by atoms with Crippen molar-refractivity contribution in [2.45, 2.75) is 19.8 Å². The van der Waals surface area contributed by atoms with Crippen LogP contribution in [-0.4, -0.2) is 43.4 Å². The normalized spacial score (nSPS) is 17.6. The lowest BCUT2D eigenvalue weighted by Gasteiger charge is -2.30. The first-order chi connectivity index (χ1) is 14.5. The fraction of sp³-hybridized carbons (Fsp3) is 0.333. The highest BCUT2D eigenvalue weighted by Crippen LogP contribution is 2.35. The molecule has 1 fully saturated rings. The summed E-state index contributed by atoms with van der Waals surface area (Å²) in [5.41, 5.74) is 1.32. The Morgan fingerprint density at radius 3 is 2.53 bits per heavy atom. The second kappa shape index (κ2) is 8.61. The Kier molecular flexibility index (Phi) is 5.74. The van der Waals surface area contributed by atoms with E-state index in [4.69, 9.17) is 14.2 Å². The van der Waals surface area contributed by atoms with E-state index in [1.165, 1.54) is 0 Å². The molecule has 0 atom stereocenters. The van der Waals surface area contributed by atoms with Crippen LogP contribution in [0.2, 0.25) is 0 Å². The number of fused-ring (bicyclic) bond motifs is 1. The van der Waals surface area contributed by atoms with Crippen LogP contribution in [0, 0.1) is 5.92 Å². The fourth-order valence-corrected chi connectivity index (χ4v) is 3.60. The van der Waals surface area contributed by atoms with Crippen molar-refractivity contribution in [3.63, 3.8) is 0 Å². The molecule has 0 spiro atoms. The zero-order valence-corrected chi connectivity index (χ0v) is 17.2. The van der Waals surface area contributed by atoms with Crippen LogP contribution in [0.3, 0.4) is 0 Å². The molecule has 0 unspecified atom stereocenters. The van der Waals surface area contributed by atoms with Gasteiger partial charge in [0.1, 0.15) is 17.2 Å². The summed E-state index contributed by atoms with van der Waals surface area (Å²) in [5.74, 6) is 2.43. The molecule has 4 rings (SSSR count). The van der Waals surface area contributed by atoms with Gasteiger partial charge in [-0.05, 0) is 54.7 Å². The summed E-state index contributed by atoms with van der Waals surface area (Å²) in [6, 6.07) is 12.4. The van der Waals surface area contributed by atoms with E-state index < -0.39 is 0 Å². The first-order valence-electron chi connectivity index (χ1n) is 10.2. The highest BCUT2D eigenvalue weighted by atomic mass is 16.5. The number of ether oxygens (including phenoxy) is 3. The van der Waals surface area contributed by atoms with E-state index in [1.807, 2.05) is 29.2 Å². The summed E-state index contributed by atoms with van der Waals surface area (Å²) >= 11 is 0. The Bertz CT molecular complexity index is 972. The summed E-state index contributed by atoms with van der Waals surface area (Å²) in [4.78, 5) is 26.8. The predicted octanol–water partition coefficient (Wildman–Crippen LogP) is 3.95. The minimum Gasteiger partial charge on any atom is -0.497 e. The standard InChI is InChI=1S/C24H25NO5/c1-16-9-11-25(12-10-16)23(26)15-29-19-7-8-20-21(14-19)30-22(24(20)27)13-17-3-5-18(28-2)6-4-17/h3-8,13-14,16H,9-12,15H2,1-2H3. The number of likely N-dealkylation sites (tertiary alicyclic amines) is 1. The van der Waals surface area contributed by atoms with Crippen molar-refractivity contribution in [3.8, 4) is 17.2 Å². The van der Waals surface area contributed by atoms with Crippen LogP contribution in [0.15, 0.2) is 48.2 Å². The lowest BCUT2D eigenvalue weighted by molar-refractivity contribution is -0.134. The number of Topliss-reactive ketones (excluding diaryl/α,β-unsaturated/α-hetero) is 1. The number of carbonyl (C=O) groups is 2. The van der Waals surface area contributed by atoms with E-state index in [2.05, 4.69) is 6.92 Å². The predicted molar refractivity (Wildman–Crippen MR) is 113 cm³/mol. The number of benzene rings is 2. The molecule has 0 aliphatic carbocycles. The van der Waals surface area contributed by atoms with Crippen molar-refractivity contribution in [2.24, 2.45) is 5.92 Å². The number of nitrogens with zero attached hydrogens (tertiary/aromatic N) is 1. The highest BCUT2D eigenvalue weighted by Gasteiger charge is 2.28.